The summed E-state index contributed by atoms with van der Waals surface area (Å²) in [5.74, 6) is 0. The van der Waals surface area contributed by atoms with Gasteiger partial charge in [0.05, 0.1) is 0 Å². The second-order valence-electron chi connectivity index (χ2n) is 5.82. The van der Waals surface area contributed by atoms with Gasteiger partial charge in [-0.25, -0.2) is 4.79 Å². The van der Waals surface area contributed by atoms with E-state index < -0.39 is 0 Å². The molecule has 0 atom stereocenters. The Labute approximate surface area is 122 Å². The zero-order valence-electron chi connectivity index (χ0n) is 12.5. The number of nitrogens with one attached hydrogen (secondary N) is 2. The molecule has 0 aromatic heterocycles. The van der Waals surface area contributed by atoms with E-state index in [0.29, 0.717) is 0 Å². The molecule has 0 bridgehead atoms. The molecule has 3 nitrogen and oxygen atoms in total. The van der Waals surface area contributed by atoms with Crippen molar-refractivity contribution in [1.82, 2.24) is 10.6 Å². The fraction of sp³-hybridized carbons (Fsp3) is 0.588. The van der Waals surface area contributed by atoms with Crippen LogP contribution in [0.3, 0.4) is 0 Å². The van der Waals surface area contributed by atoms with Gasteiger partial charge in [-0.1, -0.05) is 56.5 Å². The predicted octanol–water partition coefficient (Wildman–Crippen LogP) is 3.60. The van der Waals surface area contributed by atoms with Crippen LogP contribution in [0.15, 0.2) is 30.3 Å². The molecule has 0 radical (unpaired) electrons. The van der Waals surface area contributed by atoms with E-state index >= 15 is 0 Å². The van der Waals surface area contributed by atoms with Crippen LogP contribution in [0.25, 0.3) is 0 Å². The van der Waals surface area contributed by atoms with E-state index in [2.05, 4.69) is 47.9 Å². The SMILES string of the molecule is CCCCNC(=O)NCC1(c2ccccc2)CCCC1. The second-order valence-corrected chi connectivity index (χ2v) is 5.82. The Balaban J connectivity index is 1.92. The highest BCUT2D eigenvalue weighted by Crippen LogP contribution is 2.40. The summed E-state index contributed by atoms with van der Waals surface area (Å²) in [5, 5.41) is 6.00. The first-order valence-corrected chi connectivity index (χ1v) is 7.84. The Morgan fingerprint density at radius 1 is 1.15 bits per heavy atom. The van der Waals surface area contributed by atoms with Gasteiger partial charge >= 0.3 is 6.03 Å². The number of amides is 2. The van der Waals surface area contributed by atoms with Gasteiger partial charge in [0.2, 0.25) is 0 Å². The van der Waals surface area contributed by atoms with Crippen LogP contribution in [0.2, 0.25) is 0 Å². The molecule has 0 aliphatic heterocycles. The number of hydrogen-bond donors (Lipinski definition) is 2. The van der Waals surface area contributed by atoms with Crippen molar-refractivity contribution in [2.45, 2.75) is 50.9 Å². The van der Waals surface area contributed by atoms with Gasteiger partial charge in [-0.3, -0.25) is 0 Å². The lowest BCUT2D eigenvalue weighted by atomic mass is 9.79. The van der Waals surface area contributed by atoms with Crippen LogP contribution >= 0.6 is 0 Å². The molecule has 2 rings (SSSR count). The van der Waals surface area contributed by atoms with E-state index in [9.17, 15) is 4.79 Å². The zero-order valence-corrected chi connectivity index (χ0v) is 12.5. The van der Waals surface area contributed by atoms with E-state index in [4.69, 9.17) is 0 Å². The molecule has 2 amide bonds. The Bertz CT molecular complexity index is 410. The molecule has 0 heterocycles. The van der Waals surface area contributed by atoms with E-state index in [1.165, 1.54) is 31.2 Å². The molecule has 1 aromatic carbocycles. The van der Waals surface area contributed by atoms with Crippen molar-refractivity contribution in [1.29, 1.82) is 0 Å². The minimum atomic E-state index is -0.0272. The summed E-state index contributed by atoms with van der Waals surface area (Å²) in [5.41, 5.74) is 1.51. The molecule has 3 heteroatoms. The molecular formula is C17H26N2O. The lowest BCUT2D eigenvalue weighted by Crippen LogP contribution is -2.43. The minimum Gasteiger partial charge on any atom is -0.338 e. The Kier molecular flexibility index (Phi) is 5.45. The van der Waals surface area contributed by atoms with Crippen molar-refractivity contribution >= 4 is 6.03 Å². The number of benzene rings is 1. The van der Waals surface area contributed by atoms with Gasteiger partial charge < -0.3 is 10.6 Å². The Morgan fingerprint density at radius 3 is 2.50 bits per heavy atom. The molecule has 1 aromatic rings. The minimum absolute atomic E-state index is 0.0272. The maximum Gasteiger partial charge on any atom is 0.314 e. The van der Waals surface area contributed by atoms with Crippen molar-refractivity contribution in [2.75, 3.05) is 13.1 Å². The average molecular weight is 274 g/mol. The van der Waals surface area contributed by atoms with Gasteiger partial charge in [-0.15, -0.1) is 0 Å². The van der Waals surface area contributed by atoms with Crippen molar-refractivity contribution in [3.8, 4) is 0 Å². The molecule has 0 spiro atoms. The lowest BCUT2D eigenvalue weighted by Gasteiger charge is -2.30. The van der Waals surface area contributed by atoms with Gasteiger partial charge in [0.1, 0.15) is 0 Å². The topological polar surface area (TPSA) is 41.1 Å². The van der Waals surface area contributed by atoms with Crippen LogP contribution in [-0.2, 0) is 5.41 Å². The van der Waals surface area contributed by atoms with E-state index in [0.717, 1.165) is 25.9 Å². The van der Waals surface area contributed by atoms with Crippen LogP contribution in [-0.4, -0.2) is 19.1 Å². The first-order chi connectivity index (χ1) is 9.77. The molecule has 20 heavy (non-hydrogen) atoms. The average Bonchev–Trinajstić information content (AvgIpc) is 2.97. The summed E-state index contributed by atoms with van der Waals surface area (Å²) in [6.45, 7) is 3.64. The standard InChI is InChI=1S/C17H26N2O/c1-2-3-13-18-16(20)19-14-17(11-7-8-12-17)15-9-5-4-6-10-15/h4-6,9-10H,2-3,7-8,11-14H2,1H3,(H2,18,19,20). The molecular weight excluding hydrogens is 248 g/mol. The van der Waals surface area contributed by atoms with E-state index in [1.54, 1.807) is 0 Å². The molecule has 0 saturated heterocycles. The quantitative estimate of drug-likeness (QED) is 0.765. The smallest absolute Gasteiger partial charge is 0.314 e. The van der Waals surface area contributed by atoms with Crippen molar-refractivity contribution < 1.29 is 4.79 Å². The summed E-state index contributed by atoms with van der Waals surface area (Å²) in [6.07, 6.45) is 7.01. The summed E-state index contributed by atoms with van der Waals surface area (Å²) >= 11 is 0. The van der Waals surface area contributed by atoms with Crippen molar-refractivity contribution in [3.05, 3.63) is 35.9 Å². The van der Waals surface area contributed by atoms with Crippen molar-refractivity contribution in [3.63, 3.8) is 0 Å². The number of hydrogen-bond acceptors (Lipinski definition) is 1. The third-order valence-electron chi connectivity index (χ3n) is 4.35. The number of carbonyl (C=O) groups excluding carboxylic acids is 1. The van der Waals surface area contributed by atoms with Crippen LogP contribution in [0.4, 0.5) is 4.79 Å². The van der Waals surface area contributed by atoms with Crippen LogP contribution in [0.1, 0.15) is 51.0 Å². The molecule has 2 N–H and O–H groups in total. The van der Waals surface area contributed by atoms with Crippen LogP contribution < -0.4 is 10.6 Å². The Hall–Kier alpha value is -1.51. The number of unbranched alkanes of at least 4 members (excludes halogenated alkanes) is 1. The van der Waals surface area contributed by atoms with Crippen LogP contribution in [0, 0.1) is 0 Å². The molecule has 1 fully saturated rings. The molecule has 110 valence electrons. The second kappa shape index (κ2) is 7.32. The molecule has 1 saturated carbocycles. The monoisotopic (exact) mass is 274 g/mol. The van der Waals surface area contributed by atoms with E-state index in [-0.39, 0.29) is 11.4 Å². The third-order valence-corrected chi connectivity index (χ3v) is 4.35. The van der Waals surface area contributed by atoms with Gasteiger partial charge in [0.15, 0.2) is 0 Å². The first kappa shape index (κ1) is 14.9. The number of rotatable bonds is 6. The molecule has 1 aliphatic rings. The number of urea groups is 1. The number of carbonyl (C=O) groups is 1. The summed E-state index contributed by atoms with van der Waals surface area (Å²) in [4.78, 5) is 11.8. The largest absolute Gasteiger partial charge is 0.338 e. The van der Waals surface area contributed by atoms with Gasteiger partial charge in [0.25, 0.3) is 0 Å². The fourth-order valence-electron chi connectivity index (χ4n) is 3.10. The Morgan fingerprint density at radius 2 is 1.85 bits per heavy atom. The molecule has 1 aliphatic carbocycles. The zero-order chi connectivity index (χ0) is 14.3. The third kappa shape index (κ3) is 3.75. The van der Waals surface area contributed by atoms with Crippen molar-refractivity contribution in [2.24, 2.45) is 0 Å². The molecule has 0 unspecified atom stereocenters. The van der Waals surface area contributed by atoms with Crippen LogP contribution in [0.5, 0.6) is 0 Å². The maximum atomic E-state index is 11.8. The van der Waals surface area contributed by atoms with Gasteiger partial charge in [-0.05, 0) is 24.8 Å². The lowest BCUT2D eigenvalue weighted by molar-refractivity contribution is 0.237. The summed E-state index contributed by atoms with van der Waals surface area (Å²) in [7, 11) is 0. The van der Waals surface area contributed by atoms with E-state index in [1.807, 2.05) is 0 Å². The highest BCUT2D eigenvalue weighted by Gasteiger charge is 2.35. The highest BCUT2D eigenvalue weighted by atomic mass is 16.2. The predicted molar refractivity (Wildman–Crippen MR) is 82.9 cm³/mol. The fourth-order valence-corrected chi connectivity index (χ4v) is 3.10. The maximum absolute atomic E-state index is 11.8. The summed E-state index contributed by atoms with van der Waals surface area (Å²) in [6, 6.07) is 10.6. The van der Waals surface area contributed by atoms with Gasteiger partial charge in [-0.2, -0.15) is 0 Å². The first-order valence-electron chi connectivity index (χ1n) is 7.84. The van der Waals surface area contributed by atoms with Gasteiger partial charge in [0, 0.05) is 18.5 Å². The summed E-state index contributed by atoms with van der Waals surface area (Å²) < 4.78 is 0. The normalized spacial score (nSPS) is 16.9. The highest BCUT2D eigenvalue weighted by molar-refractivity contribution is 5.73.